The second-order valence-corrected chi connectivity index (χ2v) is 5.76. The standard InChI is InChI=1S/C14H17ClN2O2/c15-13-4-3-11(18)7-12(13)14(19)16-9-5-6-17(8-9)10-1-2-10/h3-4,7,9-10,18H,1-2,5-6,8H2,(H,16,19). The van der Waals surface area contributed by atoms with E-state index in [1.54, 1.807) is 0 Å². The molecule has 1 atom stereocenters. The number of phenolic OH excluding ortho intramolecular Hbond substituents is 1. The largest absolute Gasteiger partial charge is 0.508 e. The molecule has 1 unspecified atom stereocenters. The Labute approximate surface area is 117 Å². The Morgan fingerprint density at radius 1 is 1.37 bits per heavy atom. The zero-order chi connectivity index (χ0) is 13.4. The first-order valence-electron chi connectivity index (χ1n) is 6.67. The van der Waals surface area contributed by atoms with Gasteiger partial charge in [-0.25, -0.2) is 0 Å². The zero-order valence-electron chi connectivity index (χ0n) is 10.6. The Morgan fingerprint density at radius 3 is 2.89 bits per heavy atom. The van der Waals surface area contributed by atoms with Gasteiger partial charge >= 0.3 is 0 Å². The first-order chi connectivity index (χ1) is 9.13. The van der Waals surface area contributed by atoms with Crippen molar-refractivity contribution in [3.8, 4) is 5.75 Å². The highest BCUT2D eigenvalue weighted by Gasteiger charge is 2.34. The molecule has 0 aromatic heterocycles. The highest BCUT2D eigenvalue weighted by Crippen LogP contribution is 2.30. The summed E-state index contributed by atoms with van der Waals surface area (Å²) in [6, 6.07) is 5.35. The third-order valence-corrected chi connectivity index (χ3v) is 4.14. The van der Waals surface area contributed by atoms with Crippen molar-refractivity contribution < 1.29 is 9.90 Å². The van der Waals surface area contributed by atoms with Gasteiger partial charge in [0.25, 0.3) is 5.91 Å². The molecular weight excluding hydrogens is 264 g/mol. The van der Waals surface area contributed by atoms with Crippen LogP contribution < -0.4 is 5.32 Å². The molecule has 1 amide bonds. The topological polar surface area (TPSA) is 52.6 Å². The Balaban J connectivity index is 1.63. The molecule has 102 valence electrons. The normalized spacial score (nSPS) is 23.5. The third-order valence-electron chi connectivity index (χ3n) is 3.81. The van der Waals surface area contributed by atoms with Crippen molar-refractivity contribution in [2.75, 3.05) is 13.1 Å². The number of carbonyl (C=O) groups excluding carboxylic acids is 1. The molecule has 1 aromatic rings. The lowest BCUT2D eigenvalue weighted by molar-refractivity contribution is 0.0937. The van der Waals surface area contributed by atoms with Crippen LogP contribution in [0.15, 0.2) is 18.2 Å². The van der Waals surface area contributed by atoms with Crippen LogP contribution in [0.5, 0.6) is 5.75 Å². The molecule has 1 heterocycles. The molecule has 1 aliphatic heterocycles. The minimum atomic E-state index is -0.205. The first kappa shape index (κ1) is 12.8. The van der Waals surface area contributed by atoms with Gasteiger partial charge in [-0.05, 0) is 37.5 Å². The summed E-state index contributed by atoms with van der Waals surface area (Å²) in [4.78, 5) is 14.6. The van der Waals surface area contributed by atoms with E-state index < -0.39 is 0 Å². The second kappa shape index (κ2) is 5.02. The number of halogens is 1. The Morgan fingerprint density at radius 2 is 2.16 bits per heavy atom. The van der Waals surface area contributed by atoms with Crippen LogP contribution in [-0.2, 0) is 0 Å². The smallest absolute Gasteiger partial charge is 0.253 e. The summed E-state index contributed by atoms with van der Waals surface area (Å²) in [5.41, 5.74) is 0.339. The lowest BCUT2D eigenvalue weighted by Gasteiger charge is -2.16. The average Bonchev–Trinajstić information content (AvgIpc) is 3.13. The van der Waals surface area contributed by atoms with Crippen LogP contribution in [0.2, 0.25) is 5.02 Å². The van der Waals surface area contributed by atoms with Gasteiger partial charge in [-0.2, -0.15) is 0 Å². The molecule has 3 rings (SSSR count). The fourth-order valence-corrected chi connectivity index (χ4v) is 2.83. The van der Waals surface area contributed by atoms with Crippen molar-refractivity contribution in [2.45, 2.75) is 31.3 Å². The minimum absolute atomic E-state index is 0.0561. The molecule has 1 saturated heterocycles. The fourth-order valence-electron chi connectivity index (χ4n) is 2.63. The van der Waals surface area contributed by atoms with Crippen LogP contribution in [0.1, 0.15) is 29.6 Å². The van der Waals surface area contributed by atoms with Gasteiger partial charge < -0.3 is 10.4 Å². The minimum Gasteiger partial charge on any atom is -0.508 e. The quantitative estimate of drug-likeness (QED) is 0.891. The molecule has 4 nitrogen and oxygen atoms in total. The number of rotatable bonds is 3. The molecule has 1 aromatic carbocycles. The molecular formula is C14H17ClN2O2. The van der Waals surface area contributed by atoms with E-state index in [2.05, 4.69) is 10.2 Å². The number of nitrogens with one attached hydrogen (secondary N) is 1. The van der Waals surface area contributed by atoms with Gasteiger partial charge in [-0.1, -0.05) is 11.6 Å². The fraction of sp³-hybridized carbons (Fsp3) is 0.500. The van der Waals surface area contributed by atoms with E-state index in [0.29, 0.717) is 10.6 Å². The van der Waals surface area contributed by atoms with Crippen LogP contribution in [0.3, 0.4) is 0 Å². The summed E-state index contributed by atoms with van der Waals surface area (Å²) < 4.78 is 0. The number of hydrogen-bond donors (Lipinski definition) is 2. The summed E-state index contributed by atoms with van der Waals surface area (Å²) >= 11 is 5.98. The second-order valence-electron chi connectivity index (χ2n) is 5.35. The van der Waals surface area contributed by atoms with Gasteiger partial charge in [0.1, 0.15) is 5.75 Å². The molecule has 1 aliphatic carbocycles. The van der Waals surface area contributed by atoms with Crippen LogP contribution in [0, 0.1) is 0 Å². The van der Waals surface area contributed by atoms with Gasteiger partial charge in [-0.15, -0.1) is 0 Å². The molecule has 2 fully saturated rings. The predicted molar refractivity (Wildman–Crippen MR) is 73.6 cm³/mol. The lowest BCUT2D eigenvalue weighted by Crippen LogP contribution is -2.37. The van der Waals surface area contributed by atoms with Gasteiger partial charge in [0.15, 0.2) is 0 Å². The lowest BCUT2D eigenvalue weighted by atomic mass is 10.1. The van der Waals surface area contributed by atoms with E-state index in [1.165, 1.54) is 31.0 Å². The summed E-state index contributed by atoms with van der Waals surface area (Å²) in [5.74, 6) is -0.149. The molecule has 0 spiro atoms. The van der Waals surface area contributed by atoms with Crippen molar-refractivity contribution in [2.24, 2.45) is 0 Å². The molecule has 0 radical (unpaired) electrons. The monoisotopic (exact) mass is 280 g/mol. The van der Waals surface area contributed by atoms with E-state index in [-0.39, 0.29) is 17.7 Å². The summed E-state index contributed by atoms with van der Waals surface area (Å²) in [7, 11) is 0. The van der Waals surface area contributed by atoms with E-state index in [0.717, 1.165) is 25.6 Å². The number of hydrogen-bond acceptors (Lipinski definition) is 3. The van der Waals surface area contributed by atoms with Gasteiger partial charge in [0.2, 0.25) is 0 Å². The van der Waals surface area contributed by atoms with Gasteiger partial charge in [-0.3, -0.25) is 9.69 Å². The highest BCUT2D eigenvalue weighted by atomic mass is 35.5. The number of amides is 1. The Kier molecular flexibility index (Phi) is 3.37. The zero-order valence-corrected chi connectivity index (χ0v) is 11.4. The maximum Gasteiger partial charge on any atom is 0.253 e. The van der Waals surface area contributed by atoms with E-state index in [9.17, 15) is 9.90 Å². The van der Waals surface area contributed by atoms with E-state index in [1.807, 2.05) is 0 Å². The van der Waals surface area contributed by atoms with Gasteiger partial charge in [0, 0.05) is 25.2 Å². The number of likely N-dealkylation sites (tertiary alicyclic amines) is 1. The average molecular weight is 281 g/mol. The maximum atomic E-state index is 12.1. The Hall–Kier alpha value is -1.26. The third kappa shape index (κ3) is 2.85. The SMILES string of the molecule is O=C(NC1CCN(C2CC2)C1)c1cc(O)ccc1Cl. The number of aromatic hydroxyl groups is 1. The first-order valence-corrected chi connectivity index (χ1v) is 7.05. The van der Waals surface area contributed by atoms with Crippen LogP contribution in [-0.4, -0.2) is 41.1 Å². The van der Waals surface area contributed by atoms with Crippen molar-refractivity contribution in [3.63, 3.8) is 0 Å². The van der Waals surface area contributed by atoms with Crippen LogP contribution in [0.4, 0.5) is 0 Å². The highest BCUT2D eigenvalue weighted by molar-refractivity contribution is 6.33. The summed E-state index contributed by atoms with van der Waals surface area (Å²) in [6.07, 6.45) is 3.57. The summed E-state index contributed by atoms with van der Waals surface area (Å²) in [6.45, 7) is 1.98. The van der Waals surface area contributed by atoms with Crippen LogP contribution in [0.25, 0.3) is 0 Å². The number of nitrogens with zero attached hydrogens (tertiary/aromatic N) is 1. The predicted octanol–water partition coefficient (Wildman–Crippen LogP) is 2.01. The van der Waals surface area contributed by atoms with Crippen molar-refractivity contribution >= 4 is 17.5 Å². The molecule has 2 aliphatic rings. The summed E-state index contributed by atoms with van der Waals surface area (Å²) in [5, 5.41) is 12.8. The molecule has 0 bridgehead atoms. The molecule has 5 heteroatoms. The molecule has 1 saturated carbocycles. The number of carbonyl (C=O) groups is 1. The Bertz CT molecular complexity index is 502. The molecule has 19 heavy (non-hydrogen) atoms. The van der Waals surface area contributed by atoms with E-state index >= 15 is 0 Å². The van der Waals surface area contributed by atoms with Crippen molar-refractivity contribution in [3.05, 3.63) is 28.8 Å². The van der Waals surface area contributed by atoms with Crippen molar-refractivity contribution in [1.82, 2.24) is 10.2 Å². The maximum absolute atomic E-state index is 12.1. The number of benzene rings is 1. The molecule has 2 N–H and O–H groups in total. The van der Waals surface area contributed by atoms with Crippen molar-refractivity contribution in [1.29, 1.82) is 0 Å². The van der Waals surface area contributed by atoms with E-state index in [4.69, 9.17) is 11.6 Å². The van der Waals surface area contributed by atoms with Crippen LogP contribution >= 0.6 is 11.6 Å². The number of phenols is 1. The van der Waals surface area contributed by atoms with Gasteiger partial charge in [0.05, 0.1) is 10.6 Å².